The largest absolute Gasteiger partial charge is 0.331 e. The average Bonchev–Trinajstić information content (AvgIpc) is 2.27. The van der Waals surface area contributed by atoms with E-state index in [-0.39, 0.29) is 5.11 Å². The van der Waals surface area contributed by atoms with Gasteiger partial charge < -0.3 is 5.32 Å². The number of anilines is 1. The van der Waals surface area contributed by atoms with E-state index in [1.165, 1.54) is 0 Å². The van der Waals surface area contributed by atoms with Gasteiger partial charge in [0.15, 0.2) is 5.11 Å². The zero-order valence-corrected chi connectivity index (χ0v) is 11.3. The van der Waals surface area contributed by atoms with Gasteiger partial charge in [-0.15, -0.1) is 0 Å². The van der Waals surface area contributed by atoms with Crippen LogP contribution in [0.3, 0.4) is 0 Å². The van der Waals surface area contributed by atoms with Crippen molar-refractivity contribution in [1.82, 2.24) is 4.72 Å². The Morgan fingerprint density at radius 1 is 1.11 bits per heavy atom. The first-order valence-electron chi connectivity index (χ1n) is 5.22. The first kappa shape index (κ1) is 12.8. The highest BCUT2D eigenvalue weighted by Crippen LogP contribution is 2.22. The van der Waals surface area contributed by atoms with Gasteiger partial charge in [0.05, 0.1) is 6.26 Å². The molecule has 0 amide bonds. The molecule has 2 rings (SSSR count). The molecule has 0 aliphatic heterocycles. The van der Waals surface area contributed by atoms with Crippen LogP contribution in [0.1, 0.15) is 0 Å². The summed E-state index contributed by atoms with van der Waals surface area (Å²) in [5.41, 5.74) is 0.772. The summed E-state index contributed by atoms with van der Waals surface area (Å²) >= 11 is 4.95. The molecule has 6 heteroatoms. The van der Waals surface area contributed by atoms with Crippen molar-refractivity contribution in [3.05, 3.63) is 42.5 Å². The summed E-state index contributed by atoms with van der Waals surface area (Å²) in [5.74, 6) is 0. The molecular formula is C12H12N2O2S2. The molecular weight excluding hydrogens is 268 g/mol. The highest BCUT2D eigenvalue weighted by Gasteiger charge is 2.06. The minimum absolute atomic E-state index is 0.0638. The molecule has 94 valence electrons. The second kappa shape index (κ2) is 4.91. The molecule has 0 unspecified atom stereocenters. The second-order valence-corrected chi connectivity index (χ2v) is 6.01. The molecule has 0 aliphatic carbocycles. The number of fused-ring (bicyclic) bond motifs is 1. The Morgan fingerprint density at radius 3 is 2.50 bits per heavy atom. The Labute approximate surface area is 111 Å². The molecule has 0 fully saturated rings. The van der Waals surface area contributed by atoms with E-state index in [9.17, 15) is 8.42 Å². The quantitative estimate of drug-likeness (QED) is 0.827. The van der Waals surface area contributed by atoms with Crippen LogP contribution in [0, 0.1) is 0 Å². The molecule has 0 saturated carbocycles. The molecule has 0 radical (unpaired) electrons. The highest BCUT2D eigenvalue weighted by molar-refractivity contribution is 7.91. The Morgan fingerprint density at radius 2 is 1.78 bits per heavy atom. The molecule has 0 aliphatic rings. The highest BCUT2D eigenvalue weighted by atomic mass is 32.2. The fraction of sp³-hybridized carbons (Fsp3) is 0.0833. The van der Waals surface area contributed by atoms with Crippen molar-refractivity contribution in [3.63, 3.8) is 0 Å². The molecule has 0 saturated heterocycles. The van der Waals surface area contributed by atoms with Crippen molar-refractivity contribution in [2.45, 2.75) is 0 Å². The molecule has 0 bridgehead atoms. The van der Waals surface area contributed by atoms with Crippen LogP contribution in [0.2, 0.25) is 0 Å². The Hall–Kier alpha value is -1.66. The van der Waals surface area contributed by atoms with Crippen LogP contribution in [0.4, 0.5) is 5.69 Å². The van der Waals surface area contributed by atoms with Crippen LogP contribution < -0.4 is 10.0 Å². The predicted octanol–water partition coefficient (Wildman–Crippen LogP) is 2.09. The van der Waals surface area contributed by atoms with Gasteiger partial charge in [-0.05, 0) is 23.7 Å². The summed E-state index contributed by atoms with van der Waals surface area (Å²) in [6.45, 7) is 0. The molecule has 0 aromatic heterocycles. The van der Waals surface area contributed by atoms with Crippen molar-refractivity contribution in [2.24, 2.45) is 0 Å². The van der Waals surface area contributed by atoms with E-state index in [1.807, 2.05) is 42.5 Å². The number of nitrogens with one attached hydrogen (secondary N) is 2. The smallest absolute Gasteiger partial charge is 0.231 e. The SMILES string of the molecule is CS(=O)(=O)NC(=S)Nc1cccc2ccccc12. The fourth-order valence-electron chi connectivity index (χ4n) is 1.65. The van der Waals surface area contributed by atoms with Gasteiger partial charge in [-0.3, -0.25) is 4.72 Å². The third-order valence-corrected chi connectivity index (χ3v) is 3.22. The van der Waals surface area contributed by atoms with Crippen molar-refractivity contribution in [2.75, 3.05) is 11.6 Å². The number of rotatable bonds is 2. The molecule has 2 N–H and O–H groups in total. The van der Waals surface area contributed by atoms with Gasteiger partial charge in [0.2, 0.25) is 10.0 Å². The number of hydrogen-bond acceptors (Lipinski definition) is 3. The maximum absolute atomic E-state index is 11.1. The summed E-state index contributed by atoms with van der Waals surface area (Å²) < 4.78 is 24.3. The van der Waals surface area contributed by atoms with E-state index in [2.05, 4.69) is 10.0 Å². The van der Waals surface area contributed by atoms with Crippen molar-refractivity contribution < 1.29 is 8.42 Å². The summed E-state index contributed by atoms with van der Waals surface area (Å²) in [4.78, 5) is 0. The van der Waals surface area contributed by atoms with Gasteiger partial charge in [-0.2, -0.15) is 0 Å². The zero-order chi connectivity index (χ0) is 13.2. The number of thiocarbonyl (C=S) groups is 1. The minimum Gasteiger partial charge on any atom is -0.331 e. The molecule has 0 spiro atoms. The molecule has 18 heavy (non-hydrogen) atoms. The lowest BCUT2D eigenvalue weighted by Crippen LogP contribution is -2.33. The van der Waals surface area contributed by atoms with E-state index < -0.39 is 10.0 Å². The lowest BCUT2D eigenvalue weighted by atomic mass is 10.1. The maximum Gasteiger partial charge on any atom is 0.231 e. The second-order valence-electron chi connectivity index (χ2n) is 3.86. The van der Waals surface area contributed by atoms with E-state index in [0.717, 1.165) is 22.7 Å². The van der Waals surface area contributed by atoms with Gasteiger partial charge in [0, 0.05) is 11.1 Å². The molecule has 2 aromatic rings. The Balaban J connectivity index is 2.30. The lowest BCUT2D eigenvalue weighted by Gasteiger charge is -2.11. The summed E-state index contributed by atoms with van der Waals surface area (Å²) in [6, 6.07) is 13.5. The fourth-order valence-corrected chi connectivity index (χ4v) is 2.60. The molecule has 4 nitrogen and oxygen atoms in total. The van der Waals surface area contributed by atoms with Crippen molar-refractivity contribution >= 4 is 43.8 Å². The number of hydrogen-bond donors (Lipinski definition) is 2. The standard InChI is InChI=1S/C12H12N2O2S2/c1-18(15,16)14-12(17)13-11-8-4-6-9-5-2-3-7-10(9)11/h2-8H,1H3,(H2,13,14,17). The van der Waals surface area contributed by atoms with Crippen LogP contribution >= 0.6 is 12.2 Å². The zero-order valence-electron chi connectivity index (χ0n) is 9.67. The molecule has 2 aromatic carbocycles. The third-order valence-electron chi connectivity index (χ3n) is 2.32. The van der Waals surface area contributed by atoms with Crippen LogP contribution in [-0.4, -0.2) is 19.8 Å². The topological polar surface area (TPSA) is 58.2 Å². The number of sulfonamides is 1. The van der Waals surface area contributed by atoms with E-state index in [4.69, 9.17) is 12.2 Å². The van der Waals surface area contributed by atoms with E-state index in [0.29, 0.717) is 0 Å². The maximum atomic E-state index is 11.1. The molecule has 0 atom stereocenters. The minimum atomic E-state index is -3.35. The lowest BCUT2D eigenvalue weighted by molar-refractivity contribution is 0.599. The van der Waals surface area contributed by atoms with E-state index >= 15 is 0 Å². The van der Waals surface area contributed by atoms with Crippen LogP contribution in [0.25, 0.3) is 10.8 Å². The third kappa shape index (κ3) is 3.18. The predicted molar refractivity (Wildman–Crippen MR) is 78.1 cm³/mol. The first-order chi connectivity index (χ1) is 8.46. The van der Waals surface area contributed by atoms with Gasteiger partial charge >= 0.3 is 0 Å². The van der Waals surface area contributed by atoms with Gasteiger partial charge in [0.1, 0.15) is 0 Å². The van der Waals surface area contributed by atoms with Crippen molar-refractivity contribution in [3.8, 4) is 0 Å². The number of benzene rings is 2. The van der Waals surface area contributed by atoms with Crippen molar-refractivity contribution in [1.29, 1.82) is 0 Å². The van der Waals surface area contributed by atoms with Crippen LogP contribution in [0.15, 0.2) is 42.5 Å². The first-order valence-corrected chi connectivity index (χ1v) is 7.52. The Kier molecular flexibility index (Phi) is 3.49. The Bertz CT molecular complexity index is 691. The normalized spacial score (nSPS) is 11.2. The van der Waals surface area contributed by atoms with Gasteiger partial charge in [-0.25, -0.2) is 8.42 Å². The van der Waals surface area contributed by atoms with Crippen LogP contribution in [-0.2, 0) is 10.0 Å². The summed E-state index contributed by atoms with van der Waals surface area (Å²) in [7, 11) is -3.35. The molecule has 0 heterocycles. The van der Waals surface area contributed by atoms with E-state index in [1.54, 1.807) is 0 Å². The summed E-state index contributed by atoms with van der Waals surface area (Å²) in [5, 5.41) is 4.99. The van der Waals surface area contributed by atoms with Gasteiger partial charge in [0.25, 0.3) is 0 Å². The van der Waals surface area contributed by atoms with Crippen LogP contribution in [0.5, 0.6) is 0 Å². The monoisotopic (exact) mass is 280 g/mol. The van der Waals surface area contributed by atoms with Gasteiger partial charge in [-0.1, -0.05) is 36.4 Å². The summed E-state index contributed by atoms with van der Waals surface area (Å²) in [6.07, 6.45) is 1.06. The average molecular weight is 280 g/mol.